The van der Waals surface area contributed by atoms with Crippen LogP contribution in [-0.4, -0.2) is 6.54 Å². The first kappa shape index (κ1) is 14.2. The molecule has 1 heterocycles. The van der Waals surface area contributed by atoms with Gasteiger partial charge < -0.3 is 5.32 Å². The molecule has 16 heavy (non-hydrogen) atoms. The Bertz CT molecular complexity index is 330. The van der Waals surface area contributed by atoms with Crippen LogP contribution in [-0.2, 0) is 0 Å². The summed E-state index contributed by atoms with van der Waals surface area (Å²) in [5.74, 6) is 0.697. The van der Waals surface area contributed by atoms with Crippen molar-refractivity contribution in [3.05, 3.63) is 20.8 Å². The van der Waals surface area contributed by atoms with Crippen LogP contribution in [0.4, 0.5) is 0 Å². The van der Waals surface area contributed by atoms with Crippen molar-refractivity contribution in [2.24, 2.45) is 11.3 Å². The van der Waals surface area contributed by atoms with E-state index in [4.69, 9.17) is 0 Å². The monoisotopic (exact) mass is 303 g/mol. The molecule has 0 radical (unpaired) electrons. The summed E-state index contributed by atoms with van der Waals surface area (Å²) in [4.78, 5) is 1.39. The van der Waals surface area contributed by atoms with Crippen LogP contribution >= 0.6 is 27.3 Å². The van der Waals surface area contributed by atoms with Gasteiger partial charge in [0.05, 0.1) is 0 Å². The lowest BCUT2D eigenvalue weighted by Gasteiger charge is -2.31. The number of rotatable bonds is 5. The second-order valence-electron chi connectivity index (χ2n) is 5.41. The van der Waals surface area contributed by atoms with Crippen molar-refractivity contribution in [1.29, 1.82) is 0 Å². The first-order chi connectivity index (χ1) is 7.33. The van der Waals surface area contributed by atoms with Crippen molar-refractivity contribution < 1.29 is 0 Å². The lowest BCUT2D eigenvalue weighted by Crippen LogP contribution is -2.34. The summed E-state index contributed by atoms with van der Waals surface area (Å²) >= 11 is 5.30. The molecular weight excluding hydrogens is 282 g/mol. The minimum Gasteiger partial charge on any atom is -0.309 e. The van der Waals surface area contributed by atoms with E-state index in [0.29, 0.717) is 17.4 Å². The molecule has 1 atom stereocenters. The van der Waals surface area contributed by atoms with Crippen LogP contribution in [0.2, 0.25) is 0 Å². The van der Waals surface area contributed by atoms with Gasteiger partial charge in [-0.2, -0.15) is 0 Å². The molecule has 0 aliphatic carbocycles. The number of thiophene rings is 1. The Balaban J connectivity index is 2.50. The third kappa shape index (κ3) is 3.86. The number of nitrogens with one attached hydrogen (secondary N) is 1. The fraction of sp³-hybridized carbons (Fsp3) is 0.692. The van der Waals surface area contributed by atoms with Gasteiger partial charge >= 0.3 is 0 Å². The lowest BCUT2D eigenvalue weighted by atomic mass is 9.81. The molecule has 0 amide bonds. The van der Waals surface area contributed by atoms with E-state index in [2.05, 4.69) is 67.3 Å². The van der Waals surface area contributed by atoms with Crippen molar-refractivity contribution in [1.82, 2.24) is 5.32 Å². The SMILES string of the molecule is CC(NCC(C)(C)C(C)C)c1cc(Br)cs1. The zero-order chi connectivity index (χ0) is 12.3. The Morgan fingerprint density at radius 3 is 2.44 bits per heavy atom. The van der Waals surface area contributed by atoms with E-state index in [-0.39, 0.29) is 0 Å². The molecule has 1 aromatic heterocycles. The van der Waals surface area contributed by atoms with Crippen LogP contribution in [0.1, 0.15) is 45.5 Å². The summed E-state index contributed by atoms with van der Waals surface area (Å²) in [6, 6.07) is 2.64. The maximum Gasteiger partial charge on any atom is 0.0386 e. The van der Waals surface area contributed by atoms with Crippen LogP contribution in [0.5, 0.6) is 0 Å². The van der Waals surface area contributed by atoms with Crippen molar-refractivity contribution in [3.8, 4) is 0 Å². The zero-order valence-corrected chi connectivity index (χ0v) is 13.2. The highest BCUT2D eigenvalue weighted by molar-refractivity contribution is 9.10. The van der Waals surface area contributed by atoms with Gasteiger partial charge in [0.15, 0.2) is 0 Å². The molecule has 0 bridgehead atoms. The molecule has 0 fully saturated rings. The first-order valence-electron chi connectivity index (χ1n) is 5.80. The molecule has 0 saturated carbocycles. The standard InChI is InChI=1S/C13H22BrNS/c1-9(2)13(4,5)8-15-10(3)12-6-11(14)7-16-12/h6-7,9-10,15H,8H2,1-5H3. The minimum atomic E-state index is 0.350. The van der Waals surface area contributed by atoms with Gasteiger partial charge in [-0.1, -0.05) is 27.7 Å². The van der Waals surface area contributed by atoms with E-state index >= 15 is 0 Å². The van der Waals surface area contributed by atoms with E-state index in [1.54, 1.807) is 0 Å². The average Bonchev–Trinajstić information content (AvgIpc) is 2.61. The maximum atomic E-state index is 3.62. The third-order valence-electron chi connectivity index (χ3n) is 3.44. The predicted molar refractivity (Wildman–Crippen MR) is 77.1 cm³/mol. The summed E-state index contributed by atoms with van der Waals surface area (Å²) in [6.07, 6.45) is 0. The normalized spacial score (nSPS) is 14.4. The summed E-state index contributed by atoms with van der Waals surface area (Å²) < 4.78 is 1.18. The molecule has 3 heteroatoms. The Kier molecular flexibility index (Phi) is 5.02. The predicted octanol–water partition coefficient (Wildman–Crippen LogP) is 4.84. The van der Waals surface area contributed by atoms with Gasteiger partial charge in [-0.15, -0.1) is 11.3 Å². The quantitative estimate of drug-likeness (QED) is 0.820. The molecule has 92 valence electrons. The zero-order valence-electron chi connectivity index (χ0n) is 10.8. The van der Waals surface area contributed by atoms with Gasteiger partial charge in [0.25, 0.3) is 0 Å². The fourth-order valence-electron chi connectivity index (χ4n) is 1.28. The molecule has 1 N–H and O–H groups in total. The molecule has 1 nitrogen and oxygen atoms in total. The van der Waals surface area contributed by atoms with Gasteiger partial charge in [0.1, 0.15) is 0 Å². The Labute approximate surface area is 112 Å². The fourth-order valence-corrected chi connectivity index (χ4v) is 2.75. The molecule has 0 aliphatic rings. The van der Waals surface area contributed by atoms with E-state index in [0.717, 1.165) is 6.54 Å². The largest absolute Gasteiger partial charge is 0.309 e. The van der Waals surface area contributed by atoms with Crippen molar-refractivity contribution in [3.63, 3.8) is 0 Å². The van der Waals surface area contributed by atoms with E-state index in [1.807, 2.05) is 11.3 Å². The topological polar surface area (TPSA) is 12.0 Å². The van der Waals surface area contributed by atoms with Gasteiger partial charge in [-0.3, -0.25) is 0 Å². The van der Waals surface area contributed by atoms with E-state index in [1.165, 1.54) is 9.35 Å². The molecule has 0 aromatic carbocycles. The highest BCUT2D eigenvalue weighted by Crippen LogP contribution is 2.28. The molecule has 0 aliphatic heterocycles. The lowest BCUT2D eigenvalue weighted by molar-refractivity contribution is 0.231. The first-order valence-corrected chi connectivity index (χ1v) is 7.47. The molecule has 0 saturated heterocycles. The molecule has 1 aromatic rings. The van der Waals surface area contributed by atoms with Crippen LogP contribution in [0.15, 0.2) is 15.9 Å². The van der Waals surface area contributed by atoms with Gasteiger partial charge in [0.2, 0.25) is 0 Å². The summed E-state index contributed by atoms with van der Waals surface area (Å²) in [7, 11) is 0. The highest BCUT2D eigenvalue weighted by atomic mass is 79.9. The van der Waals surface area contributed by atoms with Crippen LogP contribution in [0.3, 0.4) is 0 Å². The smallest absolute Gasteiger partial charge is 0.0386 e. The molecule has 1 unspecified atom stereocenters. The Morgan fingerprint density at radius 1 is 1.38 bits per heavy atom. The van der Waals surface area contributed by atoms with Gasteiger partial charge in [-0.05, 0) is 40.3 Å². The summed E-state index contributed by atoms with van der Waals surface area (Å²) in [6.45, 7) is 12.5. The van der Waals surface area contributed by atoms with Crippen LogP contribution in [0, 0.1) is 11.3 Å². The highest BCUT2D eigenvalue weighted by Gasteiger charge is 2.22. The second kappa shape index (κ2) is 5.65. The second-order valence-corrected chi connectivity index (χ2v) is 7.27. The maximum absolute atomic E-state index is 3.62. The molecule has 0 spiro atoms. The molecular formula is C13H22BrNS. The third-order valence-corrected chi connectivity index (χ3v) is 5.32. The average molecular weight is 304 g/mol. The van der Waals surface area contributed by atoms with Crippen molar-refractivity contribution in [2.75, 3.05) is 6.54 Å². The van der Waals surface area contributed by atoms with Crippen LogP contribution < -0.4 is 5.32 Å². The molecule has 1 rings (SSSR count). The van der Waals surface area contributed by atoms with E-state index in [9.17, 15) is 0 Å². The van der Waals surface area contributed by atoms with Crippen LogP contribution in [0.25, 0.3) is 0 Å². The summed E-state index contributed by atoms with van der Waals surface area (Å²) in [5, 5.41) is 5.76. The number of hydrogen-bond acceptors (Lipinski definition) is 2. The van der Waals surface area contributed by atoms with Gasteiger partial charge in [-0.25, -0.2) is 0 Å². The van der Waals surface area contributed by atoms with Gasteiger partial charge in [0, 0.05) is 27.3 Å². The van der Waals surface area contributed by atoms with Crippen molar-refractivity contribution in [2.45, 2.75) is 40.7 Å². The Hall–Kier alpha value is 0.140. The number of halogens is 1. The van der Waals surface area contributed by atoms with E-state index < -0.39 is 0 Å². The summed E-state index contributed by atoms with van der Waals surface area (Å²) in [5.41, 5.74) is 0.350. The minimum absolute atomic E-state index is 0.350. The number of hydrogen-bond donors (Lipinski definition) is 1. The van der Waals surface area contributed by atoms with Crippen molar-refractivity contribution >= 4 is 27.3 Å². The Morgan fingerprint density at radius 2 is 2.00 bits per heavy atom.